The predicted octanol–water partition coefficient (Wildman–Crippen LogP) is 5.10. The summed E-state index contributed by atoms with van der Waals surface area (Å²) in [5.74, 6) is 2.44. The van der Waals surface area contributed by atoms with Gasteiger partial charge in [-0.3, -0.25) is 4.79 Å². The van der Waals surface area contributed by atoms with Crippen molar-refractivity contribution in [3.8, 4) is 11.5 Å². The van der Waals surface area contributed by atoms with Crippen LogP contribution in [0.2, 0.25) is 0 Å². The number of para-hydroxylation sites is 2. The molecule has 6 rings (SSSR count). The van der Waals surface area contributed by atoms with Crippen molar-refractivity contribution in [2.24, 2.45) is 0 Å². The third-order valence-electron chi connectivity index (χ3n) is 6.07. The number of benzene rings is 3. The lowest BCUT2D eigenvalue weighted by Gasteiger charge is -2.18. The van der Waals surface area contributed by atoms with Crippen molar-refractivity contribution in [1.82, 2.24) is 9.55 Å². The van der Waals surface area contributed by atoms with Crippen molar-refractivity contribution in [1.29, 1.82) is 0 Å². The number of carbonyl (C=O) groups excluding carboxylic acids is 1. The van der Waals surface area contributed by atoms with Gasteiger partial charge < -0.3 is 18.9 Å². The van der Waals surface area contributed by atoms with Gasteiger partial charge in [-0.1, -0.05) is 40.2 Å². The fourth-order valence-corrected chi connectivity index (χ4v) is 5.02. The molecule has 0 radical (unpaired) electrons. The largest absolute Gasteiger partial charge is 0.454 e. The van der Waals surface area contributed by atoms with Crippen molar-refractivity contribution in [2.75, 3.05) is 18.2 Å². The summed E-state index contributed by atoms with van der Waals surface area (Å²) in [6.07, 6.45) is 0.427. The van der Waals surface area contributed by atoms with Crippen LogP contribution in [0.4, 0.5) is 5.69 Å². The molecule has 3 aromatic carbocycles. The highest BCUT2D eigenvalue weighted by Crippen LogP contribution is 2.39. The molecule has 0 spiro atoms. The van der Waals surface area contributed by atoms with Crippen LogP contribution in [0.5, 0.6) is 11.5 Å². The van der Waals surface area contributed by atoms with Crippen molar-refractivity contribution < 1.29 is 14.3 Å². The van der Waals surface area contributed by atoms with Crippen LogP contribution in [0.25, 0.3) is 11.0 Å². The van der Waals surface area contributed by atoms with Crippen LogP contribution in [0.3, 0.4) is 0 Å². The standard InChI is InChI=1S/C25H20BrN3O3/c26-18-5-3-4-16(10-18)13-29-21-7-2-1-6-20(21)27-25(29)17-11-24(30)28(14-17)19-8-9-22-23(12-19)32-15-31-22/h1-10,12,17H,11,13-15H2. The number of hydrogen-bond acceptors (Lipinski definition) is 4. The van der Waals surface area contributed by atoms with E-state index in [0.717, 1.165) is 27.0 Å². The number of imidazole rings is 1. The Hall–Kier alpha value is -3.32. The predicted molar refractivity (Wildman–Crippen MR) is 125 cm³/mol. The average Bonchev–Trinajstić information content (AvgIpc) is 3.50. The second-order valence-electron chi connectivity index (χ2n) is 8.12. The number of ether oxygens (including phenoxy) is 2. The van der Waals surface area contributed by atoms with Gasteiger partial charge in [0.1, 0.15) is 5.82 Å². The number of anilines is 1. The van der Waals surface area contributed by atoms with E-state index in [1.807, 2.05) is 53.4 Å². The van der Waals surface area contributed by atoms with Crippen molar-refractivity contribution in [2.45, 2.75) is 18.9 Å². The summed E-state index contributed by atoms with van der Waals surface area (Å²) >= 11 is 3.57. The molecule has 1 atom stereocenters. The van der Waals surface area contributed by atoms with Gasteiger partial charge in [0.2, 0.25) is 12.7 Å². The van der Waals surface area contributed by atoms with E-state index in [0.29, 0.717) is 31.0 Å². The minimum absolute atomic E-state index is 0.00692. The number of halogens is 1. The fourth-order valence-electron chi connectivity index (χ4n) is 4.57. The first-order valence-corrected chi connectivity index (χ1v) is 11.3. The first-order valence-electron chi connectivity index (χ1n) is 10.6. The number of aromatic nitrogens is 2. The normalized spacial score (nSPS) is 17.5. The van der Waals surface area contributed by atoms with Crippen LogP contribution >= 0.6 is 15.9 Å². The Morgan fingerprint density at radius 2 is 1.88 bits per heavy atom. The highest BCUT2D eigenvalue weighted by molar-refractivity contribution is 9.10. The maximum absolute atomic E-state index is 13.0. The monoisotopic (exact) mass is 489 g/mol. The summed E-state index contributed by atoms with van der Waals surface area (Å²) in [5, 5.41) is 0. The van der Waals surface area contributed by atoms with Crippen LogP contribution in [0.15, 0.2) is 71.2 Å². The molecular weight excluding hydrogens is 470 g/mol. The lowest BCUT2D eigenvalue weighted by molar-refractivity contribution is -0.117. The quantitative estimate of drug-likeness (QED) is 0.400. The topological polar surface area (TPSA) is 56.6 Å². The summed E-state index contributed by atoms with van der Waals surface area (Å²) in [5.41, 5.74) is 4.04. The van der Waals surface area contributed by atoms with E-state index in [-0.39, 0.29) is 18.6 Å². The SMILES string of the molecule is O=C1CC(c2nc3ccccc3n2Cc2cccc(Br)c2)CN1c1ccc2c(c1)OCO2. The summed E-state index contributed by atoms with van der Waals surface area (Å²) < 4.78 is 14.2. The van der Waals surface area contributed by atoms with Gasteiger partial charge in [0.15, 0.2) is 11.5 Å². The van der Waals surface area contributed by atoms with Gasteiger partial charge in [-0.2, -0.15) is 0 Å². The Morgan fingerprint density at radius 3 is 2.78 bits per heavy atom. The highest BCUT2D eigenvalue weighted by Gasteiger charge is 2.35. The zero-order valence-corrected chi connectivity index (χ0v) is 18.8. The lowest BCUT2D eigenvalue weighted by atomic mass is 10.1. The number of carbonyl (C=O) groups is 1. The van der Waals surface area contributed by atoms with Crippen LogP contribution in [-0.2, 0) is 11.3 Å². The number of fused-ring (bicyclic) bond motifs is 2. The molecule has 1 saturated heterocycles. The summed E-state index contributed by atoms with van der Waals surface area (Å²) in [6.45, 7) is 1.50. The van der Waals surface area contributed by atoms with E-state index in [4.69, 9.17) is 14.5 Å². The molecular formula is C25H20BrN3O3. The van der Waals surface area contributed by atoms with E-state index in [2.05, 4.69) is 38.7 Å². The molecule has 2 aliphatic heterocycles. The van der Waals surface area contributed by atoms with E-state index in [1.165, 1.54) is 5.56 Å². The molecule has 4 aromatic rings. The molecule has 0 saturated carbocycles. The second-order valence-corrected chi connectivity index (χ2v) is 9.03. The van der Waals surface area contributed by atoms with E-state index < -0.39 is 0 Å². The molecule has 1 unspecified atom stereocenters. The third-order valence-corrected chi connectivity index (χ3v) is 6.57. The zero-order chi connectivity index (χ0) is 21.7. The molecule has 1 fully saturated rings. The summed E-state index contributed by atoms with van der Waals surface area (Å²) in [4.78, 5) is 19.8. The lowest BCUT2D eigenvalue weighted by Crippen LogP contribution is -2.24. The highest BCUT2D eigenvalue weighted by atomic mass is 79.9. The van der Waals surface area contributed by atoms with Crippen LogP contribution in [-0.4, -0.2) is 28.8 Å². The van der Waals surface area contributed by atoms with E-state index in [1.54, 1.807) is 0 Å². The van der Waals surface area contributed by atoms with Gasteiger partial charge in [-0.15, -0.1) is 0 Å². The van der Waals surface area contributed by atoms with E-state index in [9.17, 15) is 4.79 Å². The van der Waals surface area contributed by atoms with E-state index >= 15 is 0 Å². The van der Waals surface area contributed by atoms with Crippen LogP contribution in [0.1, 0.15) is 23.7 Å². The molecule has 1 amide bonds. The second kappa shape index (κ2) is 7.67. The molecule has 1 aromatic heterocycles. The van der Waals surface area contributed by atoms with Gasteiger partial charge in [0.25, 0.3) is 0 Å². The Morgan fingerprint density at radius 1 is 1.00 bits per heavy atom. The number of rotatable bonds is 4. The Kier molecular flexibility index (Phi) is 4.64. The molecule has 0 bridgehead atoms. The smallest absolute Gasteiger partial charge is 0.231 e. The molecule has 3 heterocycles. The number of hydrogen-bond donors (Lipinski definition) is 0. The molecule has 7 heteroatoms. The summed E-state index contributed by atoms with van der Waals surface area (Å²) in [6, 6.07) is 22.1. The zero-order valence-electron chi connectivity index (χ0n) is 17.2. The van der Waals surface area contributed by atoms with Crippen molar-refractivity contribution in [3.05, 3.63) is 82.6 Å². The van der Waals surface area contributed by atoms with Crippen LogP contribution < -0.4 is 14.4 Å². The van der Waals surface area contributed by atoms with Gasteiger partial charge in [0.05, 0.1) is 11.0 Å². The maximum atomic E-state index is 13.0. The average molecular weight is 490 g/mol. The van der Waals surface area contributed by atoms with Crippen molar-refractivity contribution in [3.63, 3.8) is 0 Å². The van der Waals surface area contributed by atoms with Gasteiger partial charge >= 0.3 is 0 Å². The fraction of sp³-hybridized carbons (Fsp3) is 0.200. The first kappa shape index (κ1) is 19.4. The molecule has 6 nitrogen and oxygen atoms in total. The minimum Gasteiger partial charge on any atom is -0.454 e. The van der Waals surface area contributed by atoms with Gasteiger partial charge in [0, 0.05) is 41.7 Å². The minimum atomic E-state index is 0.00692. The van der Waals surface area contributed by atoms with Crippen LogP contribution in [0, 0.1) is 0 Å². The van der Waals surface area contributed by atoms with Gasteiger partial charge in [-0.25, -0.2) is 4.98 Å². The molecule has 32 heavy (non-hydrogen) atoms. The number of nitrogens with zero attached hydrogens (tertiary/aromatic N) is 3. The van der Waals surface area contributed by atoms with Crippen molar-refractivity contribution >= 4 is 38.6 Å². The Bertz CT molecular complexity index is 1350. The van der Waals surface area contributed by atoms with Gasteiger partial charge in [-0.05, 0) is 42.0 Å². The maximum Gasteiger partial charge on any atom is 0.231 e. The summed E-state index contributed by atoms with van der Waals surface area (Å²) in [7, 11) is 0. The Balaban J connectivity index is 1.36. The molecule has 0 N–H and O–H groups in total. The molecule has 2 aliphatic rings. The Labute approximate surface area is 193 Å². The first-order chi connectivity index (χ1) is 15.7. The third kappa shape index (κ3) is 3.33. The molecule has 160 valence electrons. The molecule has 0 aliphatic carbocycles. The number of amides is 1.